The van der Waals surface area contributed by atoms with E-state index in [1.807, 2.05) is 30.3 Å². The molecule has 0 bridgehead atoms. The van der Waals surface area contributed by atoms with Gasteiger partial charge < -0.3 is 10.1 Å². The lowest BCUT2D eigenvalue weighted by Crippen LogP contribution is -2.42. The second kappa shape index (κ2) is 8.40. The minimum absolute atomic E-state index is 0.241. The van der Waals surface area contributed by atoms with Crippen LogP contribution in [0.1, 0.15) is 22.8 Å². The van der Waals surface area contributed by atoms with Crippen LogP contribution >= 0.6 is 15.9 Å². The van der Waals surface area contributed by atoms with Crippen LogP contribution in [0.3, 0.4) is 0 Å². The maximum Gasteiger partial charge on any atom is 0.303 e. The third kappa shape index (κ3) is 5.03. The van der Waals surface area contributed by atoms with Gasteiger partial charge in [0.2, 0.25) is 11.9 Å². The number of ether oxygens (including phenoxy) is 1. The first kappa shape index (κ1) is 17.9. The number of hydrogen-bond acceptors (Lipinski definition) is 4. The third-order valence-electron chi connectivity index (χ3n) is 3.20. The fourth-order valence-corrected chi connectivity index (χ4v) is 2.30. The number of halogens is 1. The lowest BCUT2D eigenvalue weighted by atomic mass is 10.1. The molecule has 1 atom stereocenters. The summed E-state index contributed by atoms with van der Waals surface area (Å²) in [4.78, 5) is 36.1. The van der Waals surface area contributed by atoms with E-state index in [0.717, 1.165) is 17.0 Å². The molecule has 2 rings (SSSR count). The van der Waals surface area contributed by atoms with Crippen molar-refractivity contribution in [2.75, 3.05) is 0 Å². The number of esters is 1. The SMILES string of the molecule is CC(=O)OC(C(=O)NCc1ccccc1)C(=O)c1ccc(Br)cc1. The summed E-state index contributed by atoms with van der Waals surface area (Å²) < 4.78 is 5.74. The van der Waals surface area contributed by atoms with Crippen molar-refractivity contribution in [2.24, 2.45) is 0 Å². The lowest BCUT2D eigenvalue weighted by molar-refractivity contribution is -0.151. The Kier molecular flexibility index (Phi) is 6.26. The van der Waals surface area contributed by atoms with Crippen molar-refractivity contribution < 1.29 is 19.1 Å². The average Bonchev–Trinajstić information content (AvgIpc) is 2.58. The predicted molar refractivity (Wildman–Crippen MR) is 92.3 cm³/mol. The number of amides is 1. The first-order chi connectivity index (χ1) is 11.5. The van der Waals surface area contributed by atoms with Crippen LogP contribution in [0.15, 0.2) is 59.1 Å². The minimum atomic E-state index is -1.51. The van der Waals surface area contributed by atoms with Crippen LogP contribution in [0, 0.1) is 0 Å². The zero-order valence-corrected chi connectivity index (χ0v) is 14.6. The van der Waals surface area contributed by atoms with Gasteiger partial charge in [0.15, 0.2) is 0 Å². The first-order valence-electron chi connectivity index (χ1n) is 7.26. The smallest absolute Gasteiger partial charge is 0.303 e. The van der Waals surface area contributed by atoms with Crippen molar-refractivity contribution in [1.29, 1.82) is 0 Å². The van der Waals surface area contributed by atoms with Gasteiger partial charge in [-0.3, -0.25) is 14.4 Å². The second-order valence-electron chi connectivity index (χ2n) is 5.06. The summed E-state index contributed by atoms with van der Waals surface area (Å²) in [7, 11) is 0. The Balaban J connectivity index is 2.11. The summed E-state index contributed by atoms with van der Waals surface area (Å²) in [5, 5.41) is 2.62. The van der Waals surface area contributed by atoms with Gasteiger partial charge in [-0.05, 0) is 17.7 Å². The van der Waals surface area contributed by atoms with Gasteiger partial charge in [-0.2, -0.15) is 0 Å². The molecule has 2 aromatic carbocycles. The molecular formula is C18H16BrNO4. The van der Waals surface area contributed by atoms with Gasteiger partial charge in [0.05, 0.1) is 0 Å². The van der Waals surface area contributed by atoms with Gasteiger partial charge in [0, 0.05) is 23.5 Å². The average molecular weight is 390 g/mol. The Labute approximate surface area is 148 Å². The molecule has 0 spiro atoms. The van der Waals surface area contributed by atoms with Crippen LogP contribution in [-0.2, 0) is 20.9 Å². The van der Waals surface area contributed by atoms with Gasteiger partial charge in [-0.25, -0.2) is 0 Å². The number of nitrogens with one attached hydrogen (secondary N) is 1. The Morgan fingerprint density at radius 2 is 1.67 bits per heavy atom. The molecule has 0 saturated carbocycles. The molecule has 0 saturated heterocycles. The van der Waals surface area contributed by atoms with Gasteiger partial charge in [0.1, 0.15) is 0 Å². The molecule has 124 valence electrons. The molecule has 0 aromatic heterocycles. The van der Waals surface area contributed by atoms with E-state index in [1.165, 1.54) is 0 Å². The van der Waals surface area contributed by atoms with Crippen LogP contribution in [0.4, 0.5) is 0 Å². The third-order valence-corrected chi connectivity index (χ3v) is 3.73. The predicted octanol–water partition coefficient (Wildman–Crippen LogP) is 2.88. The molecule has 1 N–H and O–H groups in total. The summed E-state index contributed by atoms with van der Waals surface area (Å²) in [6.45, 7) is 1.40. The van der Waals surface area contributed by atoms with Crippen LogP contribution in [0.25, 0.3) is 0 Å². The molecule has 0 fully saturated rings. The fourth-order valence-electron chi connectivity index (χ4n) is 2.04. The van der Waals surface area contributed by atoms with Crippen molar-refractivity contribution in [3.8, 4) is 0 Å². The maximum atomic E-state index is 12.5. The van der Waals surface area contributed by atoms with Crippen LogP contribution in [0.2, 0.25) is 0 Å². The minimum Gasteiger partial charge on any atom is -0.444 e. The quantitative estimate of drug-likeness (QED) is 0.468. The molecule has 0 radical (unpaired) electrons. The molecule has 0 aliphatic carbocycles. The molecule has 5 nitrogen and oxygen atoms in total. The van der Waals surface area contributed by atoms with Gasteiger partial charge in [-0.15, -0.1) is 0 Å². The van der Waals surface area contributed by atoms with Crippen molar-refractivity contribution in [3.05, 3.63) is 70.2 Å². The van der Waals surface area contributed by atoms with Gasteiger partial charge in [0.25, 0.3) is 5.91 Å². The van der Waals surface area contributed by atoms with Crippen molar-refractivity contribution in [3.63, 3.8) is 0 Å². The van der Waals surface area contributed by atoms with E-state index in [9.17, 15) is 14.4 Å². The molecule has 0 aliphatic heterocycles. The molecule has 0 aliphatic rings. The van der Waals surface area contributed by atoms with Crippen LogP contribution in [0.5, 0.6) is 0 Å². The van der Waals surface area contributed by atoms with E-state index in [-0.39, 0.29) is 6.54 Å². The van der Waals surface area contributed by atoms with Gasteiger partial charge >= 0.3 is 5.97 Å². The standard InChI is InChI=1S/C18H16BrNO4/c1-12(21)24-17(16(22)14-7-9-15(19)10-8-14)18(23)20-11-13-5-3-2-4-6-13/h2-10,17H,11H2,1H3,(H,20,23). The summed E-state index contributed by atoms with van der Waals surface area (Å²) >= 11 is 3.28. The maximum absolute atomic E-state index is 12.5. The number of carbonyl (C=O) groups is 3. The lowest BCUT2D eigenvalue weighted by Gasteiger charge is -2.16. The number of Topliss-reactive ketones (excluding diaryl/α,β-unsaturated/α-hetero) is 1. The Hall–Kier alpha value is -2.47. The molecule has 24 heavy (non-hydrogen) atoms. The Bertz CT molecular complexity index is 728. The molecular weight excluding hydrogens is 374 g/mol. The van der Waals surface area contributed by atoms with Crippen molar-refractivity contribution in [2.45, 2.75) is 19.6 Å². The highest BCUT2D eigenvalue weighted by atomic mass is 79.9. The van der Waals surface area contributed by atoms with Crippen LogP contribution in [-0.4, -0.2) is 23.8 Å². The summed E-state index contributed by atoms with van der Waals surface area (Å²) in [5.74, 6) is -1.91. The van der Waals surface area contributed by atoms with Gasteiger partial charge in [-0.1, -0.05) is 58.4 Å². The highest BCUT2D eigenvalue weighted by Gasteiger charge is 2.30. The monoisotopic (exact) mass is 389 g/mol. The zero-order valence-electron chi connectivity index (χ0n) is 13.0. The van der Waals surface area contributed by atoms with E-state index in [2.05, 4.69) is 21.2 Å². The highest BCUT2D eigenvalue weighted by molar-refractivity contribution is 9.10. The van der Waals surface area contributed by atoms with E-state index in [0.29, 0.717) is 5.56 Å². The molecule has 0 heterocycles. The van der Waals surface area contributed by atoms with E-state index >= 15 is 0 Å². The first-order valence-corrected chi connectivity index (χ1v) is 8.05. The molecule has 6 heteroatoms. The molecule has 1 amide bonds. The van der Waals surface area contributed by atoms with E-state index in [1.54, 1.807) is 24.3 Å². The Morgan fingerprint density at radius 1 is 1.04 bits per heavy atom. The summed E-state index contributed by atoms with van der Waals surface area (Å²) in [6.07, 6.45) is -1.51. The van der Waals surface area contributed by atoms with E-state index in [4.69, 9.17) is 4.74 Å². The normalized spacial score (nSPS) is 11.4. The topological polar surface area (TPSA) is 72.5 Å². The van der Waals surface area contributed by atoms with Crippen molar-refractivity contribution in [1.82, 2.24) is 5.32 Å². The largest absolute Gasteiger partial charge is 0.444 e. The summed E-state index contributed by atoms with van der Waals surface area (Å²) in [6, 6.07) is 15.7. The molecule has 1 unspecified atom stereocenters. The Morgan fingerprint density at radius 3 is 2.25 bits per heavy atom. The number of ketones is 1. The highest BCUT2D eigenvalue weighted by Crippen LogP contribution is 2.13. The molecule has 2 aromatic rings. The summed E-state index contributed by atoms with van der Waals surface area (Å²) in [5.41, 5.74) is 1.17. The van der Waals surface area contributed by atoms with Crippen LogP contribution < -0.4 is 5.32 Å². The zero-order chi connectivity index (χ0) is 17.5. The number of rotatable bonds is 6. The number of benzene rings is 2. The second-order valence-corrected chi connectivity index (χ2v) is 5.98. The number of hydrogen-bond donors (Lipinski definition) is 1. The van der Waals surface area contributed by atoms with Crippen molar-refractivity contribution >= 4 is 33.6 Å². The van der Waals surface area contributed by atoms with E-state index < -0.39 is 23.8 Å². The fraction of sp³-hybridized carbons (Fsp3) is 0.167. The number of carbonyl (C=O) groups excluding carboxylic acids is 3.